The monoisotopic (exact) mass is 402 g/mol. The van der Waals surface area contributed by atoms with Gasteiger partial charge in [-0.1, -0.05) is 17.7 Å². The predicted molar refractivity (Wildman–Crippen MR) is 109 cm³/mol. The molecule has 0 spiro atoms. The summed E-state index contributed by atoms with van der Waals surface area (Å²) in [6.07, 6.45) is 0.585. The van der Waals surface area contributed by atoms with Crippen LogP contribution >= 0.6 is 11.8 Å². The number of hydrogen-bond acceptors (Lipinski definition) is 6. The van der Waals surface area contributed by atoms with Crippen LogP contribution in [-0.4, -0.2) is 50.1 Å². The van der Waals surface area contributed by atoms with Crippen molar-refractivity contribution in [1.29, 1.82) is 0 Å². The largest absolute Gasteiger partial charge is 0.421 e. The minimum Gasteiger partial charge on any atom is -0.421 e. The molecule has 1 aromatic carbocycles. The first-order chi connectivity index (χ1) is 13.2. The van der Waals surface area contributed by atoms with Crippen LogP contribution < -0.4 is 5.32 Å². The first-order valence-corrected chi connectivity index (χ1v) is 10.5. The van der Waals surface area contributed by atoms with Crippen molar-refractivity contribution in [3.63, 3.8) is 0 Å². The number of aryl methyl sites for hydroxylation is 2. The van der Waals surface area contributed by atoms with E-state index < -0.39 is 6.04 Å². The summed E-state index contributed by atoms with van der Waals surface area (Å²) in [6, 6.07) is 7.39. The third-order valence-electron chi connectivity index (χ3n) is 4.32. The number of nitrogens with one attached hydrogen (secondary N) is 1. The molecule has 1 aromatic heterocycles. The maximum absolute atomic E-state index is 12.7. The average Bonchev–Trinajstić information content (AvgIpc) is 3.28. The minimum atomic E-state index is -0.428. The highest BCUT2D eigenvalue weighted by atomic mass is 32.2. The molecule has 2 amide bonds. The van der Waals surface area contributed by atoms with E-state index in [2.05, 4.69) is 15.5 Å². The van der Waals surface area contributed by atoms with Crippen molar-refractivity contribution in [2.45, 2.75) is 52.1 Å². The van der Waals surface area contributed by atoms with Crippen LogP contribution in [0.25, 0.3) is 11.5 Å². The molecule has 2 aromatic rings. The van der Waals surface area contributed by atoms with E-state index in [0.29, 0.717) is 29.8 Å². The van der Waals surface area contributed by atoms with Gasteiger partial charge in [-0.15, -0.1) is 22.0 Å². The Hall–Kier alpha value is -2.35. The first-order valence-electron chi connectivity index (χ1n) is 9.31. The van der Waals surface area contributed by atoms with Gasteiger partial charge in [0.1, 0.15) is 6.04 Å². The average molecular weight is 403 g/mol. The fraction of sp³-hybridized carbons (Fsp3) is 0.500. The summed E-state index contributed by atoms with van der Waals surface area (Å²) in [4.78, 5) is 26.8. The molecule has 1 aliphatic heterocycles. The Bertz CT molecular complexity index is 842. The number of carbonyl (C=O) groups is 2. The Morgan fingerprint density at radius 3 is 2.64 bits per heavy atom. The lowest BCUT2D eigenvalue weighted by atomic mass is 10.1. The Balaban J connectivity index is 1.58. The van der Waals surface area contributed by atoms with Crippen LogP contribution in [-0.2, 0) is 16.0 Å². The lowest BCUT2D eigenvalue weighted by Gasteiger charge is -2.27. The van der Waals surface area contributed by atoms with Crippen molar-refractivity contribution in [1.82, 2.24) is 20.4 Å². The van der Waals surface area contributed by atoms with Gasteiger partial charge in [0, 0.05) is 29.7 Å². The van der Waals surface area contributed by atoms with Crippen LogP contribution in [0, 0.1) is 6.92 Å². The van der Waals surface area contributed by atoms with Gasteiger partial charge >= 0.3 is 0 Å². The molecule has 1 N–H and O–H groups in total. The number of rotatable bonds is 5. The van der Waals surface area contributed by atoms with Gasteiger partial charge in [0.05, 0.1) is 5.88 Å². The number of hydrogen-bond donors (Lipinski definition) is 1. The fourth-order valence-electron chi connectivity index (χ4n) is 2.88. The van der Waals surface area contributed by atoms with Gasteiger partial charge in [0.15, 0.2) is 0 Å². The molecule has 3 rings (SSSR count). The standard InChI is InChI=1S/C20H26N4O3S/c1-13-5-7-14(8-6-13)19-23-22-16(27-19)9-10-17(25)24-12-28-11-15(24)18(26)21-20(2,3)4/h5-8,15H,9-12H2,1-4H3,(H,21,26). The van der Waals surface area contributed by atoms with E-state index in [0.717, 1.165) is 11.1 Å². The maximum atomic E-state index is 12.7. The van der Waals surface area contributed by atoms with Gasteiger partial charge in [-0.05, 0) is 39.8 Å². The summed E-state index contributed by atoms with van der Waals surface area (Å²) < 4.78 is 5.69. The van der Waals surface area contributed by atoms with Gasteiger partial charge in [0.2, 0.25) is 23.6 Å². The van der Waals surface area contributed by atoms with E-state index in [9.17, 15) is 9.59 Å². The van der Waals surface area contributed by atoms with Crippen LogP contribution in [0.1, 0.15) is 38.6 Å². The van der Waals surface area contributed by atoms with Gasteiger partial charge in [-0.3, -0.25) is 9.59 Å². The highest BCUT2D eigenvalue weighted by molar-refractivity contribution is 7.99. The van der Waals surface area contributed by atoms with Gasteiger partial charge in [0.25, 0.3) is 0 Å². The Kier molecular flexibility index (Phi) is 6.07. The second-order valence-electron chi connectivity index (χ2n) is 7.99. The second-order valence-corrected chi connectivity index (χ2v) is 8.99. The van der Waals surface area contributed by atoms with Crippen molar-refractivity contribution in [3.8, 4) is 11.5 Å². The smallest absolute Gasteiger partial charge is 0.247 e. The summed E-state index contributed by atoms with van der Waals surface area (Å²) in [5.41, 5.74) is 1.68. The van der Waals surface area contributed by atoms with E-state index in [1.54, 1.807) is 16.7 Å². The zero-order valence-corrected chi connectivity index (χ0v) is 17.5. The zero-order valence-electron chi connectivity index (χ0n) is 16.7. The molecule has 1 saturated heterocycles. The minimum absolute atomic E-state index is 0.0749. The molecule has 28 heavy (non-hydrogen) atoms. The third-order valence-corrected chi connectivity index (χ3v) is 5.33. The van der Waals surface area contributed by atoms with Crippen molar-refractivity contribution >= 4 is 23.6 Å². The van der Waals surface area contributed by atoms with E-state index in [1.807, 2.05) is 52.0 Å². The Morgan fingerprint density at radius 2 is 1.96 bits per heavy atom. The molecular weight excluding hydrogens is 376 g/mol. The van der Waals surface area contributed by atoms with Crippen LogP contribution in [0.2, 0.25) is 0 Å². The summed E-state index contributed by atoms with van der Waals surface area (Å²) >= 11 is 1.59. The third kappa shape index (κ3) is 5.13. The Labute approximate surface area is 169 Å². The summed E-state index contributed by atoms with van der Waals surface area (Å²) in [5, 5.41) is 11.1. The molecule has 1 aliphatic rings. The molecule has 7 nitrogen and oxygen atoms in total. The SMILES string of the molecule is Cc1ccc(-c2nnc(CCC(=O)N3CSCC3C(=O)NC(C)(C)C)o2)cc1. The molecule has 1 fully saturated rings. The fourth-order valence-corrected chi connectivity index (χ4v) is 4.06. The number of nitrogens with zero attached hydrogens (tertiary/aromatic N) is 3. The van der Waals surface area contributed by atoms with Gasteiger partial charge in [-0.2, -0.15) is 0 Å². The van der Waals surface area contributed by atoms with Crippen molar-refractivity contribution in [2.24, 2.45) is 0 Å². The van der Waals surface area contributed by atoms with Crippen LogP contribution in [0.4, 0.5) is 0 Å². The number of amides is 2. The molecular formula is C20H26N4O3S. The number of carbonyl (C=O) groups excluding carboxylic acids is 2. The summed E-state index contributed by atoms with van der Waals surface area (Å²) in [5.74, 6) is 1.83. The van der Waals surface area contributed by atoms with Crippen LogP contribution in [0.3, 0.4) is 0 Å². The van der Waals surface area contributed by atoms with E-state index in [-0.39, 0.29) is 23.8 Å². The summed E-state index contributed by atoms with van der Waals surface area (Å²) in [6.45, 7) is 7.81. The molecule has 1 atom stereocenters. The molecule has 0 saturated carbocycles. The van der Waals surface area contributed by atoms with Crippen LogP contribution in [0.15, 0.2) is 28.7 Å². The normalized spacial score (nSPS) is 17.0. The van der Waals surface area contributed by atoms with Crippen LogP contribution in [0.5, 0.6) is 0 Å². The quantitative estimate of drug-likeness (QED) is 0.827. The number of aromatic nitrogens is 2. The molecule has 1 unspecified atom stereocenters. The molecule has 150 valence electrons. The molecule has 8 heteroatoms. The van der Waals surface area contributed by atoms with Crippen molar-refractivity contribution in [3.05, 3.63) is 35.7 Å². The van der Waals surface area contributed by atoms with E-state index in [4.69, 9.17) is 4.42 Å². The molecule has 0 aliphatic carbocycles. The first kappa shape index (κ1) is 20.4. The number of thioether (sulfide) groups is 1. The van der Waals surface area contributed by atoms with E-state index >= 15 is 0 Å². The highest BCUT2D eigenvalue weighted by Gasteiger charge is 2.35. The van der Waals surface area contributed by atoms with E-state index in [1.165, 1.54) is 0 Å². The lowest BCUT2D eigenvalue weighted by molar-refractivity contribution is -0.138. The summed E-state index contributed by atoms with van der Waals surface area (Å²) in [7, 11) is 0. The maximum Gasteiger partial charge on any atom is 0.247 e. The topological polar surface area (TPSA) is 88.3 Å². The highest BCUT2D eigenvalue weighted by Crippen LogP contribution is 2.23. The number of benzene rings is 1. The molecule has 0 radical (unpaired) electrons. The van der Waals surface area contributed by atoms with Gasteiger partial charge < -0.3 is 14.6 Å². The zero-order chi connectivity index (χ0) is 20.3. The predicted octanol–water partition coefficient (Wildman–Crippen LogP) is 2.79. The van der Waals surface area contributed by atoms with Gasteiger partial charge in [-0.25, -0.2) is 0 Å². The molecule has 0 bridgehead atoms. The van der Waals surface area contributed by atoms with Crippen molar-refractivity contribution in [2.75, 3.05) is 11.6 Å². The second kappa shape index (κ2) is 8.34. The van der Waals surface area contributed by atoms with Crippen molar-refractivity contribution < 1.29 is 14.0 Å². The Morgan fingerprint density at radius 1 is 1.25 bits per heavy atom. The lowest BCUT2D eigenvalue weighted by Crippen LogP contribution is -2.52. The molecule has 2 heterocycles.